The minimum Gasteiger partial charge on any atom is -0.330 e. The van der Waals surface area contributed by atoms with E-state index in [2.05, 4.69) is 5.32 Å². The van der Waals surface area contributed by atoms with Gasteiger partial charge in [-0.15, -0.1) is 0 Å². The molecule has 0 aliphatic heterocycles. The van der Waals surface area contributed by atoms with Crippen molar-refractivity contribution in [3.63, 3.8) is 0 Å². The molecule has 3 N–H and O–H groups in total. The van der Waals surface area contributed by atoms with Crippen molar-refractivity contribution in [3.8, 4) is 0 Å². The molecular formula is C13H16FN3O3. The van der Waals surface area contributed by atoms with Crippen LogP contribution in [0.5, 0.6) is 0 Å². The molecule has 1 aromatic carbocycles. The second kappa shape index (κ2) is 5.96. The highest BCUT2D eigenvalue weighted by atomic mass is 19.1. The Morgan fingerprint density at radius 3 is 2.85 bits per heavy atom. The average Bonchev–Trinajstić information content (AvgIpc) is 2.86. The molecule has 20 heavy (non-hydrogen) atoms. The van der Waals surface area contributed by atoms with Crippen molar-refractivity contribution in [2.45, 2.75) is 19.3 Å². The molecule has 0 bridgehead atoms. The van der Waals surface area contributed by atoms with Crippen LogP contribution >= 0.6 is 0 Å². The van der Waals surface area contributed by atoms with E-state index in [-0.39, 0.29) is 29.1 Å². The number of hydrogen-bond acceptors (Lipinski definition) is 4. The van der Waals surface area contributed by atoms with Crippen molar-refractivity contribution in [1.82, 2.24) is 0 Å². The number of nitrogens with two attached hydrogens (primary N) is 1. The highest BCUT2D eigenvalue weighted by Gasteiger charge is 2.32. The number of carbonyl (C=O) groups is 1. The second-order valence-electron chi connectivity index (χ2n) is 4.98. The number of benzene rings is 1. The zero-order chi connectivity index (χ0) is 14.7. The summed E-state index contributed by atoms with van der Waals surface area (Å²) in [4.78, 5) is 22.1. The van der Waals surface area contributed by atoms with Gasteiger partial charge in [-0.3, -0.25) is 14.9 Å². The number of nitrogens with one attached hydrogen (secondary N) is 1. The molecule has 1 amide bonds. The van der Waals surface area contributed by atoms with Crippen molar-refractivity contribution >= 4 is 17.3 Å². The minimum absolute atomic E-state index is 0.101. The Bertz CT molecular complexity index is 536. The van der Waals surface area contributed by atoms with Gasteiger partial charge >= 0.3 is 0 Å². The molecule has 2 unspecified atom stereocenters. The van der Waals surface area contributed by atoms with Crippen LogP contribution in [0.15, 0.2) is 18.2 Å². The van der Waals surface area contributed by atoms with Crippen molar-refractivity contribution in [2.24, 2.45) is 17.6 Å². The molecule has 1 saturated carbocycles. The van der Waals surface area contributed by atoms with Gasteiger partial charge in [-0.2, -0.15) is 0 Å². The van der Waals surface area contributed by atoms with Gasteiger partial charge in [0.25, 0.3) is 5.69 Å². The lowest BCUT2D eigenvalue weighted by Crippen LogP contribution is -2.29. The molecule has 6 nitrogen and oxygen atoms in total. The first-order valence-electron chi connectivity index (χ1n) is 6.47. The van der Waals surface area contributed by atoms with E-state index in [4.69, 9.17) is 5.73 Å². The van der Waals surface area contributed by atoms with Crippen LogP contribution in [-0.2, 0) is 4.79 Å². The smallest absolute Gasteiger partial charge is 0.274 e. The van der Waals surface area contributed by atoms with Crippen LogP contribution in [0.1, 0.15) is 19.3 Å². The normalized spacial score (nSPS) is 21.7. The number of nitro groups is 1. The summed E-state index contributed by atoms with van der Waals surface area (Å²) >= 11 is 0. The van der Waals surface area contributed by atoms with Crippen LogP contribution in [0.4, 0.5) is 15.8 Å². The summed E-state index contributed by atoms with van der Waals surface area (Å²) in [7, 11) is 0. The van der Waals surface area contributed by atoms with Crippen LogP contribution in [0.3, 0.4) is 0 Å². The standard InChI is InChI=1S/C13H16FN3O3/c14-9-4-10(6-11(5-9)17(19)20)16-13(18)12-3-1-2-8(12)7-15/h4-6,8,12H,1-3,7,15H2,(H,16,18). The third kappa shape index (κ3) is 3.11. The number of non-ortho nitro benzene ring substituents is 1. The molecule has 1 fully saturated rings. The SMILES string of the molecule is NCC1CCCC1C(=O)Nc1cc(F)cc([N+](=O)[O-])c1. The van der Waals surface area contributed by atoms with Gasteiger partial charge in [-0.25, -0.2) is 4.39 Å². The van der Waals surface area contributed by atoms with E-state index in [1.165, 1.54) is 0 Å². The fourth-order valence-electron chi connectivity index (χ4n) is 2.65. The first kappa shape index (κ1) is 14.4. The lowest BCUT2D eigenvalue weighted by atomic mass is 9.95. The summed E-state index contributed by atoms with van der Waals surface area (Å²) < 4.78 is 13.3. The van der Waals surface area contributed by atoms with E-state index in [9.17, 15) is 19.3 Å². The zero-order valence-electron chi connectivity index (χ0n) is 10.8. The Morgan fingerprint density at radius 2 is 2.20 bits per heavy atom. The highest BCUT2D eigenvalue weighted by molar-refractivity contribution is 5.93. The van der Waals surface area contributed by atoms with Crippen molar-refractivity contribution in [1.29, 1.82) is 0 Å². The van der Waals surface area contributed by atoms with Crippen LogP contribution in [0.2, 0.25) is 0 Å². The highest BCUT2D eigenvalue weighted by Crippen LogP contribution is 2.32. The van der Waals surface area contributed by atoms with Crippen LogP contribution in [0, 0.1) is 27.8 Å². The molecular weight excluding hydrogens is 265 g/mol. The lowest BCUT2D eigenvalue weighted by Gasteiger charge is -2.17. The largest absolute Gasteiger partial charge is 0.330 e. The van der Waals surface area contributed by atoms with Gasteiger partial charge in [0.1, 0.15) is 5.82 Å². The summed E-state index contributed by atoms with van der Waals surface area (Å²) in [6.07, 6.45) is 2.58. The third-order valence-electron chi connectivity index (χ3n) is 3.66. The number of rotatable bonds is 4. The first-order valence-corrected chi connectivity index (χ1v) is 6.47. The molecule has 1 aromatic rings. The molecule has 1 aliphatic rings. The number of nitrogens with zero attached hydrogens (tertiary/aromatic N) is 1. The zero-order valence-corrected chi connectivity index (χ0v) is 10.8. The second-order valence-corrected chi connectivity index (χ2v) is 4.98. The molecule has 2 atom stereocenters. The Hall–Kier alpha value is -2.02. The predicted octanol–water partition coefficient (Wildman–Crippen LogP) is 2.05. The monoisotopic (exact) mass is 281 g/mol. The molecule has 108 valence electrons. The number of carbonyl (C=O) groups excluding carboxylic acids is 1. The average molecular weight is 281 g/mol. The summed E-state index contributed by atoms with van der Waals surface area (Å²) in [6.45, 7) is 0.432. The molecule has 1 aliphatic carbocycles. The summed E-state index contributed by atoms with van der Waals surface area (Å²) in [5.41, 5.74) is 5.33. The molecule has 0 aromatic heterocycles. The maximum Gasteiger partial charge on any atom is 0.274 e. The van der Waals surface area contributed by atoms with Gasteiger partial charge in [0.2, 0.25) is 5.91 Å². The Morgan fingerprint density at radius 1 is 1.45 bits per heavy atom. The van der Waals surface area contributed by atoms with Gasteiger partial charge in [-0.1, -0.05) is 6.42 Å². The Labute approximate surface area is 115 Å². The molecule has 0 saturated heterocycles. The number of halogens is 1. The minimum atomic E-state index is -0.753. The van der Waals surface area contributed by atoms with Crippen molar-refractivity contribution in [2.75, 3.05) is 11.9 Å². The fourth-order valence-corrected chi connectivity index (χ4v) is 2.65. The number of hydrogen-bond donors (Lipinski definition) is 2. The summed E-state index contributed by atoms with van der Waals surface area (Å²) in [5, 5.41) is 13.2. The van der Waals surface area contributed by atoms with Crippen LogP contribution in [0.25, 0.3) is 0 Å². The van der Waals surface area contributed by atoms with E-state index in [1.807, 2.05) is 0 Å². The Balaban J connectivity index is 2.13. The van der Waals surface area contributed by atoms with Gasteiger partial charge in [0.05, 0.1) is 16.7 Å². The number of nitro benzene ring substituents is 1. The number of anilines is 1. The quantitative estimate of drug-likeness (QED) is 0.651. The lowest BCUT2D eigenvalue weighted by molar-refractivity contribution is -0.385. The molecule has 0 heterocycles. The van der Waals surface area contributed by atoms with E-state index < -0.39 is 10.7 Å². The number of amides is 1. The summed E-state index contributed by atoms with van der Waals surface area (Å²) in [6, 6.07) is 3.03. The van der Waals surface area contributed by atoms with Gasteiger partial charge in [0.15, 0.2) is 0 Å². The molecule has 2 rings (SSSR count). The molecule has 0 spiro atoms. The van der Waals surface area contributed by atoms with Crippen molar-refractivity contribution < 1.29 is 14.1 Å². The maximum atomic E-state index is 13.3. The first-order chi connectivity index (χ1) is 9.51. The van der Waals surface area contributed by atoms with Crippen LogP contribution in [-0.4, -0.2) is 17.4 Å². The topological polar surface area (TPSA) is 98.3 Å². The molecule has 0 radical (unpaired) electrons. The Kier molecular flexibility index (Phi) is 4.29. The van der Waals surface area contributed by atoms with E-state index >= 15 is 0 Å². The van der Waals surface area contributed by atoms with Gasteiger partial charge < -0.3 is 11.1 Å². The maximum absolute atomic E-state index is 13.3. The molecule has 7 heteroatoms. The van der Waals surface area contributed by atoms with Crippen molar-refractivity contribution in [3.05, 3.63) is 34.1 Å². The van der Waals surface area contributed by atoms with Crippen LogP contribution < -0.4 is 11.1 Å². The summed E-state index contributed by atoms with van der Waals surface area (Å²) in [5.74, 6) is -1.09. The van der Waals surface area contributed by atoms with Gasteiger partial charge in [-0.05, 0) is 31.4 Å². The predicted molar refractivity (Wildman–Crippen MR) is 71.6 cm³/mol. The fraction of sp³-hybridized carbons (Fsp3) is 0.462. The third-order valence-corrected chi connectivity index (χ3v) is 3.66. The van der Waals surface area contributed by atoms with E-state index in [0.717, 1.165) is 37.5 Å². The van der Waals surface area contributed by atoms with E-state index in [1.54, 1.807) is 0 Å². The van der Waals surface area contributed by atoms with E-state index in [0.29, 0.717) is 6.54 Å². The van der Waals surface area contributed by atoms with Gasteiger partial charge in [0, 0.05) is 12.0 Å².